The van der Waals surface area contributed by atoms with E-state index in [4.69, 9.17) is 4.18 Å². The maximum Gasteiger partial charge on any atom is 0.339 e. The Hall–Kier alpha value is -2.67. The number of nitrogens with one attached hydrogen (secondary N) is 1. The molecule has 0 saturated carbocycles. The summed E-state index contributed by atoms with van der Waals surface area (Å²) in [5, 5.41) is 13.9. The van der Waals surface area contributed by atoms with E-state index in [1.807, 2.05) is 37.3 Å². The van der Waals surface area contributed by atoms with Crippen LogP contribution in [0.4, 0.5) is 0 Å². The minimum absolute atomic E-state index is 0.0389. The number of rotatable bonds is 8. The van der Waals surface area contributed by atoms with E-state index in [1.165, 1.54) is 12.1 Å². The molecule has 28 heavy (non-hydrogen) atoms. The quantitative estimate of drug-likeness (QED) is 0.565. The van der Waals surface area contributed by atoms with Gasteiger partial charge in [0.05, 0.1) is 6.10 Å². The van der Waals surface area contributed by atoms with Crippen molar-refractivity contribution in [2.45, 2.75) is 24.0 Å². The van der Waals surface area contributed by atoms with E-state index in [9.17, 15) is 13.5 Å². The van der Waals surface area contributed by atoms with Crippen molar-refractivity contribution in [2.75, 3.05) is 6.54 Å². The Bertz CT molecular complexity index is 991. The molecule has 6 heteroatoms. The molecule has 0 heterocycles. The van der Waals surface area contributed by atoms with Crippen LogP contribution in [0.25, 0.3) is 0 Å². The second kappa shape index (κ2) is 9.01. The fourth-order valence-corrected chi connectivity index (χ4v) is 3.82. The third-order valence-corrected chi connectivity index (χ3v) is 5.67. The summed E-state index contributed by atoms with van der Waals surface area (Å²) in [6, 6.07) is 24.5. The van der Waals surface area contributed by atoms with E-state index in [-0.39, 0.29) is 23.2 Å². The summed E-state index contributed by atoms with van der Waals surface area (Å²) < 4.78 is 30.3. The third kappa shape index (κ3) is 4.98. The molecule has 0 amide bonds. The average molecular weight is 397 g/mol. The summed E-state index contributed by atoms with van der Waals surface area (Å²) in [5.41, 5.74) is 1.51. The van der Waals surface area contributed by atoms with Crippen molar-refractivity contribution in [1.29, 1.82) is 0 Å². The summed E-state index contributed by atoms with van der Waals surface area (Å²) >= 11 is 0. The Kier molecular flexibility index (Phi) is 6.46. The Morgan fingerprint density at radius 2 is 1.46 bits per heavy atom. The number of hydrogen-bond acceptors (Lipinski definition) is 5. The van der Waals surface area contributed by atoms with Gasteiger partial charge in [0.15, 0.2) is 0 Å². The Morgan fingerprint density at radius 1 is 0.893 bits per heavy atom. The standard InChI is InChI=1S/C22H23NO4S/c1-17(18-10-4-2-5-11-18)23-16-21(24)20-14-8-9-15-22(20)27-28(25,26)19-12-6-3-7-13-19/h2-15,17,21,23-24H,16H2,1H3/t17-,21-/m1/s1. The summed E-state index contributed by atoms with van der Waals surface area (Å²) in [5.74, 6) is 0.119. The molecule has 0 aliphatic carbocycles. The highest BCUT2D eigenvalue weighted by atomic mass is 32.2. The first-order valence-corrected chi connectivity index (χ1v) is 10.4. The number of aliphatic hydroxyl groups is 1. The van der Waals surface area contributed by atoms with Crippen LogP contribution in [0.2, 0.25) is 0 Å². The van der Waals surface area contributed by atoms with E-state index >= 15 is 0 Å². The van der Waals surface area contributed by atoms with Gasteiger partial charge in [0.25, 0.3) is 0 Å². The summed E-state index contributed by atoms with van der Waals surface area (Å²) in [7, 11) is -3.98. The van der Waals surface area contributed by atoms with Crippen LogP contribution >= 0.6 is 0 Å². The van der Waals surface area contributed by atoms with Crippen molar-refractivity contribution in [2.24, 2.45) is 0 Å². The molecule has 3 aromatic rings. The highest BCUT2D eigenvalue weighted by molar-refractivity contribution is 7.87. The molecule has 0 radical (unpaired) electrons. The van der Waals surface area contributed by atoms with E-state index in [2.05, 4.69) is 5.32 Å². The van der Waals surface area contributed by atoms with Crippen LogP contribution < -0.4 is 9.50 Å². The lowest BCUT2D eigenvalue weighted by Crippen LogP contribution is -2.25. The van der Waals surface area contributed by atoms with Crippen LogP contribution in [0.5, 0.6) is 5.75 Å². The first-order chi connectivity index (χ1) is 13.5. The normalized spacial score (nSPS) is 13.6. The second-order valence-corrected chi connectivity index (χ2v) is 7.99. The molecule has 0 unspecified atom stereocenters. The zero-order valence-corrected chi connectivity index (χ0v) is 16.3. The van der Waals surface area contributed by atoms with Crippen molar-refractivity contribution in [1.82, 2.24) is 5.32 Å². The van der Waals surface area contributed by atoms with E-state index in [0.717, 1.165) is 5.56 Å². The predicted molar refractivity (Wildman–Crippen MR) is 109 cm³/mol. The average Bonchev–Trinajstić information content (AvgIpc) is 2.73. The SMILES string of the molecule is C[C@@H](NC[C@@H](O)c1ccccc1OS(=O)(=O)c1ccccc1)c1ccccc1. The lowest BCUT2D eigenvalue weighted by atomic mass is 10.1. The summed E-state index contributed by atoms with van der Waals surface area (Å²) in [6.45, 7) is 2.26. The third-order valence-electron chi connectivity index (χ3n) is 4.43. The van der Waals surface area contributed by atoms with Gasteiger partial charge in [-0.3, -0.25) is 0 Å². The van der Waals surface area contributed by atoms with E-state index in [1.54, 1.807) is 42.5 Å². The molecule has 0 aromatic heterocycles. The van der Waals surface area contributed by atoms with Crippen LogP contribution in [0, 0.1) is 0 Å². The molecule has 146 valence electrons. The van der Waals surface area contributed by atoms with Gasteiger partial charge < -0.3 is 14.6 Å². The van der Waals surface area contributed by atoms with Crippen molar-refractivity contribution in [3.63, 3.8) is 0 Å². The maximum absolute atomic E-state index is 12.5. The molecular formula is C22H23NO4S. The second-order valence-electron chi connectivity index (χ2n) is 6.44. The Labute approximate surface area is 165 Å². The lowest BCUT2D eigenvalue weighted by Gasteiger charge is -2.19. The van der Waals surface area contributed by atoms with Gasteiger partial charge in [-0.25, -0.2) is 0 Å². The molecule has 2 N–H and O–H groups in total. The van der Waals surface area contributed by atoms with Gasteiger partial charge in [-0.1, -0.05) is 66.7 Å². The Balaban J connectivity index is 1.73. The summed E-state index contributed by atoms with van der Waals surface area (Å²) in [4.78, 5) is 0.0649. The molecule has 3 rings (SSSR count). The highest BCUT2D eigenvalue weighted by Crippen LogP contribution is 2.28. The largest absolute Gasteiger partial charge is 0.387 e. The molecule has 2 atom stereocenters. The van der Waals surface area contributed by atoms with Crippen molar-refractivity contribution in [3.8, 4) is 5.75 Å². The monoisotopic (exact) mass is 397 g/mol. The first kappa shape index (κ1) is 20.1. The van der Waals surface area contributed by atoms with Crippen LogP contribution in [-0.4, -0.2) is 20.1 Å². The molecular weight excluding hydrogens is 374 g/mol. The number of aliphatic hydroxyl groups excluding tert-OH is 1. The summed E-state index contributed by atoms with van der Waals surface area (Å²) in [6.07, 6.45) is -0.923. The van der Waals surface area contributed by atoms with Crippen LogP contribution in [0.1, 0.15) is 30.2 Å². The first-order valence-electron chi connectivity index (χ1n) is 9.02. The van der Waals surface area contributed by atoms with Gasteiger partial charge >= 0.3 is 10.1 Å². The zero-order valence-electron chi connectivity index (χ0n) is 15.5. The van der Waals surface area contributed by atoms with Gasteiger partial charge in [0.2, 0.25) is 0 Å². The molecule has 0 bridgehead atoms. The molecule has 0 spiro atoms. The van der Waals surface area contributed by atoms with Gasteiger partial charge in [-0.15, -0.1) is 0 Å². The van der Waals surface area contributed by atoms with Gasteiger partial charge in [-0.2, -0.15) is 8.42 Å². The zero-order chi connectivity index (χ0) is 20.0. The molecule has 0 aliphatic heterocycles. The van der Waals surface area contributed by atoms with Crippen LogP contribution in [0.3, 0.4) is 0 Å². The van der Waals surface area contributed by atoms with Crippen molar-refractivity contribution >= 4 is 10.1 Å². The molecule has 3 aromatic carbocycles. The van der Waals surface area contributed by atoms with Gasteiger partial charge in [0, 0.05) is 18.2 Å². The number of hydrogen-bond donors (Lipinski definition) is 2. The smallest absolute Gasteiger partial charge is 0.339 e. The number of para-hydroxylation sites is 1. The Morgan fingerprint density at radius 3 is 2.14 bits per heavy atom. The fourth-order valence-electron chi connectivity index (χ4n) is 2.84. The minimum atomic E-state index is -3.98. The van der Waals surface area contributed by atoms with Crippen LogP contribution in [-0.2, 0) is 10.1 Å². The van der Waals surface area contributed by atoms with Gasteiger partial charge in [-0.05, 0) is 30.7 Å². The highest BCUT2D eigenvalue weighted by Gasteiger charge is 2.21. The van der Waals surface area contributed by atoms with Gasteiger partial charge in [0.1, 0.15) is 10.6 Å². The van der Waals surface area contributed by atoms with Crippen molar-refractivity contribution in [3.05, 3.63) is 96.1 Å². The van der Waals surface area contributed by atoms with Crippen molar-refractivity contribution < 1.29 is 17.7 Å². The molecule has 0 saturated heterocycles. The predicted octanol–water partition coefficient (Wildman–Crippen LogP) is 3.84. The minimum Gasteiger partial charge on any atom is -0.387 e. The topological polar surface area (TPSA) is 75.6 Å². The van der Waals surface area contributed by atoms with E-state index in [0.29, 0.717) is 5.56 Å². The molecule has 0 fully saturated rings. The van der Waals surface area contributed by atoms with Crippen LogP contribution in [0.15, 0.2) is 89.8 Å². The molecule has 0 aliphatic rings. The maximum atomic E-state index is 12.5. The lowest BCUT2D eigenvalue weighted by molar-refractivity contribution is 0.168. The fraction of sp³-hybridized carbons (Fsp3) is 0.182. The molecule has 5 nitrogen and oxygen atoms in total. The number of benzene rings is 3. The van der Waals surface area contributed by atoms with E-state index < -0.39 is 16.2 Å².